The van der Waals surface area contributed by atoms with Crippen molar-refractivity contribution in [2.45, 2.75) is 25.9 Å². The first-order valence-electron chi connectivity index (χ1n) is 9.98. The van der Waals surface area contributed by atoms with Crippen molar-refractivity contribution in [3.05, 3.63) is 59.7 Å². The Kier molecular flexibility index (Phi) is 5.64. The highest BCUT2D eigenvalue weighted by Gasteiger charge is 2.41. The molecule has 1 fully saturated rings. The fourth-order valence-corrected chi connectivity index (χ4v) is 4.20. The van der Waals surface area contributed by atoms with Gasteiger partial charge < -0.3 is 19.5 Å². The van der Waals surface area contributed by atoms with Gasteiger partial charge in [0.05, 0.1) is 13.2 Å². The molecule has 4 atom stereocenters. The molecule has 2 heterocycles. The third-order valence-electron chi connectivity index (χ3n) is 5.74. The average Bonchev–Trinajstić information content (AvgIpc) is 2.72. The van der Waals surface area contributed by atoms with Gasteiger partial charge in [-0.25, -0.2) is 0 Å². The standard InChI is InChI=1S/C23H27NO4/c1-15-21-17-7-3-5-9-19(17)27-13-11-26-12-14-28-20-10-6-4-8-18(20)22(24-21)16(2)23(15)25/h3-10,15-16,21-22,24H,11-14H2,1-2H3/t15-,16-,21-,22-/m0/s1. The molecule has 0 amide bonds. The Bertz CT molecular complexity index is 771. The first-order valence-corrected chi connectivity index (χ1v) is 9.98. The topological polar surface area (TPSA) is 56.8 Å². The molecule has 0 unspecified atom stereocenters. The minimum atomic E-state index is -0.145. The molecule has 2 aromatic carbocycles. The molecule has 4 rings (SSSR count). The van der Waals surface area contributed by atoms with E-state index in [2.05, 4.69) is 5.32 Å². The largest absolute Gasteiger partial charge is 0.491 e. The predicted octanol–water partition coefficient (Wildman–Crippen LogP) is 3.70. The molecule has 0 aliphatic carbocycles. The normalized spacial score (nSPS) is 28.1. The second kappa shape index (κ2) is 8.33. The van der Waals surface area contributed by atoms with Gasteiger partial charge in [0, 0.05) is 35.0 Å². The van der Waals surface area contributed by atoms with Gasteiger partial charge in [-0.15, -0.1) is 0 Å². The Labute approximate surface area is 166 Å². The fraction of sp³-hybridized carbons (Fsp3) is 0.435. The molecule has 5 heteroatoms. The van der Waals surface area contributed by atoms with Crippen molar-refractivity contribution in [2.24, 2.45) is 11.8 Å². The molecule has 0 aromatic heterocycles. The van der Waals surface area contributed by atoms with Crippen LogP contribution in [0, 0.1) is 11.8 Å². The maximum atomic E-state index is 13.2. The number of para-hydroxylation sites is 2. The van der Waals surface area contributed by atoms with Crippen LogP contribution in [0.1, 0.15) is 37.1 Å². The summed E-state index contributed by atoms with van der Waals surface area (Å²) in [4.78, 5) is 13.2. The van der Waals surface area contributed by atoms with Crippen LogP contribution in [0.25, 0.3) is 0 Å². The van der Waals surface area contributed by atoms with Gasteiger partial charge in [0.25, 0.3) is 0 Å². The number of benzene rings is 2. The molecule has 28 heavy (non-hydrogen) atoms. The van der Waals surface area contributed by atoms with Gasteiger partial charge in [0.15, 0.2) is 0 Å². The molecule has 148 valence electrons. The fourth-order valence-electron chi connectivity index (χ4n) is 4.20. The third kappa shape index (κ3) is 3.64. The number of carbonyl (C=O) groups excluding carboxylic acids is 1. The zero-order valence-electron chi connectivity index (χ0n) is 16.4. The van der Waals surface area contributed by atoms with E-state index in [1.807, 2.05) is 62.4 Å². The summed E-state index contributed by atoms with van der Waals surface area (Å²) < 4.78 is 17.6. The zero-order chi connectivity index (χ0) is 19.5. The number of hydrogen-bond acceptors (Lipinski definition) is 5. The number of carbonyl (C=O) groups is 1. The second-order valence-electron chi connectivity index (χ2n) is 7.49. The maximum Gasteiger partial charge on any atom is 0.142 e. The summed E-state index contributed by atoms with van der Waals surface area (Å²) in [6.07, 6.45) is 0. The van der Waals surface area contributed by atoms with Gasteiger partial charge in [-0.2, -0.15) is 0 Å². The number of ketones is 1. The van der Waals surface area contributed by atoms with Crippen molar-refractivity contribution in [3.8, 4) is 11.5 Å². The molecule has 2 bridgehead atoms. The summed E-state index contributed by atoms with van der Waals surface area (Å²) in [7, 11) is 0. The predicted molar refractivity (Wildman–Crippen MR) is 107 cm³/mol. The van der Waals surface area contributed by atoms with Crippen molar-refractivity contribution < 1.29 is 19.0 Å². The van der Waals surface area contributed by atoms with Crippen LogP contribution >= 0.6 is 0 Å². The van der Waals surface area contributed by atoms with Crippen LogP contribution in [0.4, 0.5) is 0 Å². The Hall–Kier alpha value is -2.37. The molecule has 1 saturated heterocycles. The first-order chi connectivity index (χ1) is 13.7. The Morgan fingerprint density at radius 3 is 1.71 bits per heavy atom. The second-order valence-corrected chi connectivity index (χ2v) is 7.49. The van der Waals surface area contributed by atoms with E-state index >= 15 is 0 Å². The van der Waals surface area contributed by atoms with E-state index in [1.54, 1.807) is 0 Å². The molecule has 0 saturated carbocycles. The SMILES string of the molecule is C[C@@H]1C(=O)[C@@H](C)[C@@H]2N[C@@H]1c1ccccc1OCCOCCOc1ccccc12. The minimum absolute atomic E-state index is 0.123. The summed E-state index contributed by atoms with van der Waals surface area (Å²) in [5.41, 5.74) is 2.02. The van der Waals surface area contributed by atoms with E-state index in [9.17, 15) is 4.79 Å². The lowest BCUT2D eigenvalue weighted by Gasteiger charge is -2.40. The highest BCUT2D eigenvalue weighted by molar-refractivity contribution is 5.85. The lowest BCUT2D eigenvalue weighted by Crippen LogP contribution is -2.46. The van der Waals surface area contributed by atoms with Crippen molar-refractivity contribution in [2.75, 3.05) is 26.4 Å². The van der Waals surface area contributed by atoms with Crippen LogP contribution in [0.3, 0.4) is 0 Å². The van der Waals surface area contributed by atoms with Gasteiger partial charge in [0.2, 0.25) is 0 Å². The lowest BCUT2D eigenvalue weighted by atomic mass is 9.76. The van der Waals surface area contributed by atoms with Crippen LogP contribution in [-0.2, 0) is 9.53 Å². The molecule has 2 aliphatic rings. The lowest BCUT2D eigenvalue weighted by molar-refractivity contribution is -0.130. The first kappa shape index (κ1) is 19.0. The molecule has 2 aromatic rings. The summed E-state index contributed by atoms with van der Waals surface area (Å²) in [5, 5.41) is 3.74. The molecular weight excluding hydrogens is 354 g/mol. The highest BCUT2D eigenvalue weighted by Crippen LogP contribution is 2.42. The number of Topliss-reactive ketones (excluding diaryl/α,β-unsaturated/α-hetero) is 1. The summed E-state index contributed by atoms with van der Waals surface area (Å²) in [6.45, 7) is 5.90. The number of piperidine rings is 1. The van der Waals surface area contributed by atoms with Gasteiger partial charge >= 0.3 is 0 Å². The van der Waals surface area contributed by atoms with Crippen LogP contribution < -0.4 is 14.8 Å². The van der Waals surface area contributed by atoms with Crippen molar-refractivity contribution in [3.63, 3.8) is 0 Å². The monoisotopic (exact) mass is 381 g/mol. The van der Waals surface area contributed by atoms with Gasteiger partial charge in [-0.3, -0.25) is 4.79 Å². The van der Waals surface area contributed by atoms with Crippen LogP contribution in [0.15, 0.2) is 48.5 Å². The minimum Gasteiger partial charge on any atom is -0.491 e. The number of ether oxygens (including phenoxy) is 3. The molecule has 5 nitrogen and oxygen atoms in total. The number of hydrogen-bond donors (Lipinski definition) is 1. The van der Waals surface area contributed by atoms with Crippen LogP contribution in [-0.4, -0.2) is 32.2 Å². The summed E-state index contributed by atoms with van der Waals surface area (Å²) in [6, 6.07) is 15.7. The summed E-state index contributed by atoms with van der Waals surface area (Å²) in [5.74, 6) is 1.58. The van der Waals surface area contributed by atoms with Gasteiger partial charge in [0.1, 0.15) is 30.5 Å². The Morgan fingerprint density at radius 1 is 0.750 bits per heavy atom. The van der Waals surface area contributed by atoms with E-state index in [4.69, 9.17) is 14.2 Å². The van der Waals surface area contributed by atoms with Gasteiger partial charge in [-0.05, 0) is 12.1 Å². The average molecular weight is 381 g/mol. The van der Waals surface area contributed by atoms with Crippen LogP contribution in [0.2, 0.25) is 0 Å². The zero-order valence-corrected chi connectivity index (χ0v) is 16.4. The Morgan fingerprint density at radius 2 is 1.21 bits per heavy atom. The van der Waals surface area contributed by atoms with Crippen molar-refractivity contribution in [1.82, 2.24) is 5.32 Å². The molecular formula is C23H27NO4. The number of fused-ring (bicyclic) bond motifs is 6. The van der Waals surface area contributed by atoms with Crippen LogP contribution in [0.5, 0.6) is 11.5 Å². The van der Waals surface area contributed by atoms with E-state index in [0.29, 0.717) is 26.4 Å². The number of nitrogens with one attached hydrogen (secondary N) is 1. The quantitative estimate of drug-likeness (QED) is 0.754. The van der Waals surface area contributed by atoms with E-state index < -0.39 is 0 Å². The van der Waals surface area contributed by atoms with E-state index in [-0.39, 0.29) is 29.7 Å². The smallest absolute Gasteiger partial charge is 0.142 e. The molecule has 0 radical (unpaired) electrons. The molecule has 1 N–H and O–H groups in total. The maximum absolute atomic E-state index is 13.2. The van der Waals surface area contributed by atoms with Gasteiger partial charge in [-0.1, -0.05) is 50.2 Å². The van der Waals surface area contributed by atoms with E-state index in [0.717, 1.165) is 22.6 Å². The molecule has 2 aliphatic heterocycles. The summed E-state index contributed by atoms with van der Waals surface area (Å²) >= 11 is 0. The molecule has 0 spiro atoms. The third-order valence-corrected chi connectivity index (χ3v) is 5.74. The van der Waals surface area contributed by atoms with E-state index in [1.165, 1.54) is 0 Å². The Balaban J connectivity index is 1.78. The highest BCUT2D eigenvalue weighted by atomic mass is 16.5. The van der Waals surface area contributed by atoms with Crippen molar-refractivity contribution in [1.29, 1.82) is 0 Å². The number of rotatable bonds is 0. The van der Waals surface area contributed by atoms with Crippen molar-refractivity contribution >= 4 is 5.78 Å².